The maximum Gasteiger partial charge on any atom is 0.0775 e. The number of ether oxygens (including phenoxy) is 2. The summed E-state index contributed by atoms with van der Waals surface area (Å²) >= 11 is 0. The summed E-state index contributed by atoms with van der Waals surface area (Å²) in [7, 11) is 3.83. The third-order valence-corrected chi connectivity index (χ3v) is 3.47. The highest BCUT2D eigenvalue weighted by Crippen LogP contribution is 2.30. The second-order valence-electron chi connectivity index (χ2n) is 5.81. The standard InChI is InChI=1S/C13H27NO2/c1-13(2,3)12(15-5)11(14-4)10-7-6-8-16-9-10/h10-12,14H,6-9H2,1-5H3. The number of rotatable bonds is 4. The van der Waals surface area contributed by atoms with E-state index in [-0.39, 0.29) is 11.5 Å². The highest BCUT2D eigenvalue weighted by atomic mass is 16.5. The topological polar surface area (TPSA) is 30.5 Å². The van der Waals surface area contributed by atoms with Crippen LogP contribution in [0.5, 0.6) is 0 Å². The molecule has 0 bridgehead atoms. The van der Waals surface area contributed by atoms with Crippen molar-refractivity contribution in [1.29, 1.82) is 0 Å². The maximum absolute atomic E-state index is 5.70. The first-order valence-electron chi connectivity index (χ1n) is 6.28. The molecule has 1 saturated heterocycles. The second-order valence-corrected chi connectivity index (χ2v) is 5.81. The Labute approximate surface area is 99.9 Å². The van der Waals surface area contributed by atoms with Gasteiger partial charge in [0.1, 0.15) is 0 Å². The summed E-state index contributed by atoms with van der Waals surface area (Å²) < 4.78 is 11.3. The van der Waals surface area contributed by atoms with E-state index in [1.807, 2.05) is 14.2 Å². The van der Waals surface area contributed by atoms with Gasteiger partial charge >= 0.3 is 0 Å². The minimum absolute atomic E-state index is 0.153. The molecule has 3 unspecified atom stereocenters. The van der Waals surface area contributed by atoms with Crippen molar-refractivity contribution in [3.63, 3.8) is 0 Å². The fourth-order valence-electron chi connectivity index (χ4n) is 2.72. The van der Waals surface area contributed by atoms with Gasteiger partial charge in [-0.3, -0.25) is 0 Å². The molecule has 1 aliphatic rings. The van der Waals surface area contributed by atoms with E-state index < -0.39 is 0 Å². The third kappa shape index (κ3) is 3.44. The Morgan fingerprint density at radius 3 is 2.44 bits per heavy atom. The fraction of sp³-hybridized carbons (Fsp3) is 1.00. The second kappa shape index (κ2) is 5.99. The zero-order chi connectivity index (χ0) is 12.2. The number of hydrogen-bond donors (Lipinski definition) is 1. The Kier molecular flexibility index (Phi) is 5.22. The van der Waals surface area contributed by atoms with Gasteiger partial charge in [-0.25, -0.2) is 0 Å². The van der Waals surface area contributed by atoms with Gasteiger partial charge in [-0.15, -0.1) is 0 Å². The first-order valence-corrected chi connectivity index (χ1v) is 6.28. The van der Waals surface area contributed by atoms with Crippen molar-refractivity contribution in [3.05, 3.63) is 0 Å². The lowest BCUT2D eigenvalue weighted by Crippen LogP contribution is -2.52. The molecular formula is C13H27NO2. The van der Waals surface area contributed by atoms with E-state index in [0.717, 1.165) is 13.2 Å². The van der Waals surface area contributed by atoms with E-state index in [4.69, 9.17) is 9.47 Å². The minimum Gasteiger partial charge on any atom is -0.381 e. The van der Waals surface area contributed by atoms with Gasteiger partial charge in [0.05, 0.1) is 12.7 Å². The molecule has 3 nitrogen and oxygen atoms in total. The number of nitrogens with one attached hydrogen (secondary N) is 1. The van der Waals surface area contributed by atoms with Gasteiger partial charge in [0.15, 0.2) is 0 Å². The third-order valence-electron chi connectivity index (χ3n) is 3.47. The molecule has 1 rings (SSSR count). The van der Waals surface area contributed by atoms with Crippen molar-refractivity contribution in [2.45, 2.75) is 45.8 Å². The fourth-order valence-corrected chi connectivity index (χ4v) is 2.72. The number of methoxy groups -OCH3 is 1. The van der Waals surface area contributed by atoms with Gasteiger partial charge < -0.3 is 14.8 Å². The Morgan fingerprint density at radius 2 is 2.06 bits per heavy atom. The summed E-state index contributed by atoms with van der Waals surface area (Å²) in [6.07, 6.45) is 2.63. The van der Waals surface area contributed by atoms with Crippen molar-refractivity contribution in [2.75, 3.05) is 27.4 Å². The molecular weight excluding hydrogens is 202 g/mol. The van der Waals surface area contributed by atoms with Gasteiger partial charge in [-0.1, -0.05) is 20.8 Å². The average Bonchev–Trinajstić information content (AvgIpc) is 2.25. The maximum atomic E-state index is 5.70. The highest BCUT2D eigenvalue weighted by Gasteiger charge is 2.36. The Morgan fingerprint density at radius 1 is 1.38 bits per heavy atom. The van der Waals surface area contributed by atoms with E-state index in [0.29, 0.717) is 12.0 Å². The van der Waals surface area contributed by atoms with Crippen molar-refractivity contribution < 1.29 is 9.47 Å². The Bertz CT molecular complexity index is 195. The van der Waals surface area contributed by atoms with Crippen LogP contribution in [0, 0.1) is 11.3 Å². The van der Waals surface area contributed by atoms with E-state index in [9.17, 15) is 0 Å². The van der Waals surface area contributed by atoms with E-state index in [1.54, 1.807) is 0 Å². The lowest BCUT2D eigenvalue weighted by Gasteiger charge is -2.41. The van der Waals surface area contributed by atoms with Crippen LogP contribution in [0.25, 0.3) is 0 Å². The van der Waals surface area contributed by atoms with Crippen LogP contribution < -0.4 is 5.32 Å². The van der Waals surface area contributed by atoms with Gasteiger partial charge in [-0.2, -0.15) is 0 Å². The normalized spacial score (nSPS) is 26.4. The Hall–Kier alpha value is -0.120. The summed E-state index contributed by atoms with van der Waals surface area (Å²) in [5.41, 5.74) is 0.153. The van der Waals surface area contributed by atoms with Crippen LogP contribution >= 0.6 is 0 Å². The summed E-state index contributed by atoms with van der Waals surface area (Å²) in [5, 5.41) is 3.42. The van der Waals surface area contributed by atoms with Gasteiger partial charge in [0, 0.05) is 25.7 Å². The van der Waals surface area contributed by atoms with Crippen LogP contribution in [-0.2, 0) is 9.47 Å². The molecule has 16 heavy (non-hydrogen) atoms. The molecule has 0 spiro atoms. The van der Waals surface area contributed by atoms with Gasteiger partial charge in [0.2, 0.25) is 0 Å². The first-order chi connectivity index (χ1) is 7.50. The molecule has 3 heteroatoms. The van der Waals surface area contributed by atoms with Crippen LogP contribution in [-0.4, -0.2) is 39.5 Å². The molecule has 0 aromatic heterocycles. The lowest BCUT2D eigenvalue weighted by atomic mass is 9.78. The molecule has 0 aliphatic carbocycles. The number of likely N-dealkylation sites (N-methyl/N-ethyl adjacent to an activating group) is 1. The molecule has 1 heterocycles. The predicted octanol–water partition coefficient (Wildman–Crippen LogP) is 2.06. The van der Waals surface area contributed by atoms with Gasteiger partial charge in [0.25, 0.3) is 0 Å². The van der Waals surface area contributed by atoms with E-state index in [2.05, 4.69) is 26.1 Å². The molecule has 96 valence electrons. The molecule has 3 atom stereocenters. The molecule has 1 aliphatic heterocycles. The smallest absolute Gasteiger partial charge is 0.0775 e. The molecule has 1 fully saturated rings. The van der Waals surface area contributed by atoms with Crippen molar-refractivity contribution in [3.8, 4) is 0 Å². The summed E-state index contributed by atoms with van der Waals surface area (Å²) in [6, 6.07) is 0.380. The zero-order valence-electron chi connectivity index (χ0n) is 11.4. The molecule has 0 aromatic carbocycles. The highest BCUT2D eigenvalue weighted by molar-refractivity contribution is 4.90. The molecule has 0 saturated carbocycles. The lowest BCUT2D eigenvalue weighted by molar-refractivity contribution is -0.0507. The summed E-state index contributed by atoms with van der Waals surface area (Å²) in [4.78, 5) is 0. The summed E-state index contributed by atoms with van der Waals surface area (Å²) in [6.45, 7) is 8.47. The van der Waals surface area contributed by atoms with Crippen LogP contribution in [0.3, 0.4) is 0 Å². The van der Waals surface area contributed by atoms with Crippen LogP contribution in [0.1, 0.15) is 33.6 Å². The molecule has 1 N–H and O–H groups in total. The van der Waals surface area contributed by atoms with Crippen molar-refractivity contribution in [1.82, 2.24) is 5.32 Å². The Balaban J connectivity index is 2.69. The zero-order valence-corrected chi connectivity index (χ0v) is 11.4. The van der Waals surface area contributed by atoms with E-state index in [1.165, 1.54) is 12.8 Å². The molecule has 0 radical (unpaired) electrons. The average molecular weight is 229 g/mol. The van der Waals surface area contributed by atoms with Gasteiger partial charge in [-0.05, 0) is 25.3 Å². The largest absolute Gasteiger partial charge is 0.381 e. The van der Waals surface area contributed by atoms with Crippen molar-refractivity contribution >= 4 is 0 Å². The van der Waals surface area contributed by atoms with Crippen molar-refractivity contribution in [2.24, 2.45) is 11.3 Å². The minimum atomic E-state index is 0.153. The first kappa shape index (κ1) is 13.9. The van der Waals surface area contributed by atoms with Crippen LogP contribution in [0.15, 0.2) is 0 Å². The van der Waals surface area contributed by atoms with Crippen LogP contribution in [0.2, 0.25) is 0 Å². The number of hydrogen-bond acceptors (Lipinski definition) is 3. The van der Waals surface area contributed by atoms with E-state index >= 15 is 0 Å². The van der Waals surface area contributed by atoms with Crippen LogP contribution in [0.4, 0.5) is 0 Å². The molecule has 0 aromatic rings. The quantitative estimate of drug-likeness (QED) is 0.800. The monoisotopic (exact) mass is 229 g/mol. The molecule has 0 amide bonds. The predicted molar refractivity (Wildman–Crippen MR) is 66.6 cm³/mol. The summed E-state index contributed by atoms with van der Waals surface area (Å²) in [5.74, 6) is 0.572. The SMILES string of the molecule is CNC(C1CCCOC1)C(OC)C(C)(C)C.